The minimum Gasteiger partial charge on any atom is -0.349 e. The molecule has 0 saturated carbocycles. The lowest BCUT2D eigenvalue weighted by molar-refractivity contribution is -0.128. The number of nitrogens with one attached hydrogen (secondary N) is 2. The number of carbonyl (C=O) groups is 5. The normalized spacial score (nSPS) is 10.3. The summed E-state index contributed by atoms with van der Waals surface area (Å²) >= 11 is 0. The first kappa shape index (κ1) is 20.9. The van der Waals surface area contributed by atoms with Crippen molar-refractivity contribution in [1.82, 2.24) is 10.6 Å². The maximum absolute atomic E-state index is 11.6. The Labute approximate surface area is 136 Å². The van der Waals surface area contributed by atoms with Crippen molar-refractivity contribution in [2.75, 3.05) is 13.1 Å². The van der Waals surface area contributed by atoms with Crippen LogP contribution < -0.4 is 10.6 Å². The van der Waals surface area contributed by atoms with Crippen molar-refractivity contribution in [3.8, 4) is 0 Å². The van der Waals surface area contributed by atoms with Crippen LogP contribution in [-0.2, 0) is 24.0 Å². The molecular formula is C16H26N2O5. The molecule has 0 aliphatic carbocycles. The highest BCUT2D eigenvalue weighted by Gasteiger charge is 2.12. The minimum atomic E-state index is -0.368. The minimum absolute atomic E-state index is 0.000840. The predicted molar refractivity (Wildman–Crippen MR) is 84.6 cm³/mol. The Kier molecular flexibility index (Phi) is 10.5. The van der Waals surface area contributed by atoms with Gasteiger partial charge in [-0.05, 0) is 0 Å². The molecule has 2 N–H and O–H groups in total. The maximum atomic E-state index is 11.6. The molecule has 23 heavy (non-hydrogen) atoms. The third kappa shape index (κ3) is 11.2. The molecule has 0 saturated heterocycles. The van der Waals surface area contributed by atoms with E-state index in [1.165, 1.54) is 0 Å². The summed E-state index contributed by atoms with van der Waals surface area (Å²) in [6.45, 7) is 5.03. The van der Waals surface area contributed by atoms with E-state index in [1.54, 1.807) is 20.8 Å². The summed E-state index contributed by atoms with van der Waals surface area (Å²) in [7, 11) is 0. The first-order valence-electron chi connectivity index (χ1n) is 7.85. The maximum Gasteiger partial charge on any atom is 0.220 e. The van der Waals surface area contributed by atoms with E-state index in [0.717, 1.165) is 0 Å². The highest BCUT2D eigenvalue weighted by atomic mass is 16.2. The highest BCUT2D eigenvalue weighted by molar-refractivity contribution is 5.91. The van der Waals surface area contributed by atoms with Crippen LogP contribution in [0.5, 0.6) is 0 Å². The summed E-state index contributed by atoms with van der Waals surface area (Å²) in [5.41, 5.74) is 0. The molecule has 130 valence electrons. The molecule has 0 heterocycles. The van der Waals surface area contributed by atoms with Crippen LogP contribution in [0.1, 0.15) is 52.9 Å². The van der Waals surface area contributed by atoms with Gasteiger partial charge in [-0.1, -0.05) is 20.8 Å². The molecule has 7 nitrogen and oxygen atoms in total. The third-order valence-corrected chi connectivity index (χ3v) is 3.24. The van der Waals surface area contributed by atoms with E-state index in [1.807, 2.05) is 0 Å². The zero-order chi connectivity index (χ0) is 17.8. The quantitative estimate of drug-likeness (QED) is 0.544. The second-order valence-corrected chi connectivity index (χ2v) is 5.61. The molecule has 0 bridgehead atoms. The number of Topliss-reactive ketones (excluding diaryl/α,β-unsaturated/α-hetero) is 3. The lowest BCUT2D eigenvalue weighted by Crippen LogP contribution is -2.33. The van der Waals surface area contributed by atoms with Crippen LogP contribution in [0.15, 0.2) is 0 Å². The highest BCUT2D eigenvalue weighted by Crippen LogP contribution is 1.96. The Hall–Kier alpha value is -2.05. The molecule has 2 amide bonds. The van der Waals surface area contributed by atoms with Crippen molar-refractivity contribution in [3.05, 3.63) is 0 Å². The summed E-state index contributed by atoms with van der Waals surface area (Å²) in [4.78, 5) is 56.9. The topological polar surface area (TPSA) is 109 Å². The van der Waals surface area contributed by atoms with E-state index in [9.17, 15) is 24.0 Å². The van der Waals surface area contributed by atoms with Gasteiger partial charge < -0.3 is 10.6 Å². The van der Waals surface area contributed by atoms with E-state index < -0.39 is 0 Å². The number of ketones is 3. The third-order valence-electron chi connectivity index (χ3n) is 3.24. The Morgan fingerprint density at radius 2 is 1.22 bits per heavy atom. The number of hydrogen-bond donors (Lipinski definition) is 2. The van der Waals surface area contributed by atoms with Crippen molar-refractivity contribution in [3.63, 3.8) is 0 Å². The molecule has 0 fully saturated rings. The van der Waals surface area contributed by atoms with E-state index in [0.29, 0.717) is 6.42 Å². The monoisotopic (exact) mass is 326 g/mol. The molecule has 7 heteroatoms. The van der Waals surface area contributed by atoms with E-state index in [4.69, 9.17) is 0 Å². The van der Waals surface area contributed by atoms with E-state index >= 15 is 0 Å². The van der Waals surface area contributed by atoms with Gasteiger partial charge >= 0.3 is 0 Å². The fraction of sp³-hybridized carbons (Fsp3) is 0.688. The summed E-state index contributed by atoms with van der Waals surface area (Å²) in [6.07, 6.45) is 0.603. The Morgan fingerprint density at radius 3 is 1.70 bits per heavy atom. The molecule has 0 aromatic heterocycles. The van der Waals surface area contributed by atoms with Gasteiger partial charge in [0.25, 0.3) is 0 Å². The smallest absolute Gasteiger partial charge is 0.220 e. The van der Waals surface area contributed by atoms with E-state index in [-0.39, 0.29) is 73.9 Å². The van der Waals surface area contributed by atoms with Crippen molar-refractivity contribution < 1.29 is 24.0 Å². The van der Waals surface area contributed by atoms with E-state index in [2.05, 4.69) is 10.6 Å². The molecule has 0 aromatic rings. The fourth-order valence-corrected chi connectivity index (χ4v) is 1.53. The molecule has 0 unspecified atom stereocenters. The molecule has 0 aliphatic rings. The lowest BCUT2D eigenvalue weighted by atomic mass is 10.1. The zero-order valence-corrected chi connectivity index (χ0v) is 14.1. The first-order valence-corrected chi connectivity index (χ1v) is 7.85. The van der Waals surface area contributed by atoms with Crippen LogP contribution in [0, 0.1) is 5.92 Å². The van der Waals surface area contributed by atoms with Crippen LogP contribution in [0.3, 0.4) is 0 Å². The molecular weight excluding hydrogens is 300 g/mol. The number of amides is 2. The van der Waals surface area contributed by atoms with Gasteiger partial charge in [-0.25, -0.2) is 0 Å². The Morgan fingerprint density at radius 1 is 0.739 bits per heavy atom. The number of rotatable bonds is 12. The summed E-state index contributed by atoms with van der Waals surface area (Å²) < 4.78 is 0. The standard InChI is InChI=1S/C16H26N2O5/c1-4-12(19)5-7-15(22)17-9-13(20)6-8-16(23)18-10-14(21)11(2)3/h11H,4-10H2,1-3H3,(H,17,22)(H,18,23). The van der Waals surface area contributed by atoms with Gasteiger partial charge in [0.1, 0.15) is 5.78 Å². The van der Waals surface area contributed by atoms with Gasteiger partial charge in [-0.2, -0.15) is 0 Å². The van der Waals surface area contributed by atoms with Crippen LogP contribution in [0.25, 0.3) is 0 Å². The number of carbonyl (C=O) groups excluding carboxylic acids is 5. The van der Waals surface area contributed by atoms with Crippen molar-refractivity contribution in [1.29, 1.82) is 0 Å². The van der Waals surface area contributed by atoms with Gasteiger partial charge in [0.15, 0.2) is 11.6 Å². The molecule has 0 rings (SSSR count). The Balaban J connectivity index is 3.82. The Bertz CT molecular complexity index is 457. The summed E-state index contributed by atoms with van der Waals surface area (Å²) in [5, 5.41) is 4.88. The molecule has 0 aliphatic heterocycles. The lowest BCUT2D eigenvalue weighted by Gasteiger charge is -2.07. The van der Waals surface area contributed by atoms with Crippen molar-refractivity contribution in [2.24, 2.45) is 5.92 Å². The second kappa shape index (κ2) is 11.5. The first-order chi connectivity index (χ1) is 10.8. The van der Waals surface area contributed by atoms with Gasteiger partial charge in [0, 0.05) is 38.0 Å². The van der Waals surface area contributed by atoms with Crippen molar-refractivity contribution >= 4 is 29.2 Å². The average Bonchev–Trinajstić information content (AvgIpc) is 2.53. The van der Waals surface area contributed by atoms with Crippen molar-refractivity contribution in [2.45, 2.75) is 52.9 Å². The number of hydrogen-bond acceptors (Lipinski definition) is 5. The SMILES string of the molecule is CCC(=O)CCC(=O)NCC(=O)CCC(=O)NCC(=O)C(C)C. The van der Waals surface area contributed by atoms with Crippen LogP contribution >= 0.6 is 0 Å². The molecule has 0 radical (unpaired) electrons. The molecule has 0 atom stereocenters. The predicted octanol–water partition coefficient (Wildman–Crippen LogP) is 0.553. The van der Waals surface area contributed by atoms with Crippen LogP contribution in [0.4, 0.5) is 0 Å². The summed E-state index contributed by atoms with van der Waals surface area (Å²) in [5.74, 6) is -1.21. The van der Waals surface area contributed by atoms with Gasteiger partial charge in [-0.3, -0.25) is 24.0 Å². The fourth-order valence-electron chi connectivity index (χ4n) is 1.53. The summed E-state index contributed by atoms with van der Waals surface area (Å²) in [6, 6.07) is 0. The largest absolute Gasteiger partial charge is 0.349 e. The van der Waals surface area contributed by atoms with Crippen LogP contribution in [0.2, 0.25) is 0 Å². The van der Waals surface area contributed by atoms with Gasteiger partial charge in [0.05, 0.1) is 13.1 Å². The van der Waals surface area contributed by atoms with Gasteiger partial charge in [0.2, 0.25) is 11.8 Å². The average molecular weight is 326 g/mol. The zero-order valence-electron chi connectivity index (χ0n) is 14.1. The van der Waals surface area contributed by atoms with Crippen LogP contribution in [-0.4, -0.2) is 42.3 Å². The molecule has 0 spiro atoms. The molecule has 0 aromatic carbocycles. The van der Waals surface area contributed by atoms with Gasteiger partial charge in [-0.15, -0.1) is 0 Å². The second-order valence-electron chi connectivity index (χ2n) is 5.61.